The van der Waals surface area contributed by atoms with Crippen molar-refractivity contribution in [2.24, 2.45) is 0 Å². The lowest BCUT2D eigenvalue weighted by Gasteiger charge is -2.34. The molecule has 0 unspecified atom stereocenters. The Balaban J connectivity index is 1.55. The number of rotatable bonds is 3. The molecule has 29 heavy (non-hydrogen) atoms. The van der Waals surface area contributed by atoms with Gasteiger partial charge in [-0.1, -0.05) is 41.9 Å². The first-order valence-electron chi connectivity index (χ1n) is 9.28. The van der Waals surface area contributed by atoms with E-state index in [1.54, 1.807) is 29.2 Å². The van der Waals surface area contributed by atoms with Gasteiger partial charge in [-0.05, 0) is 31.2 Å². The fourth-order valence-electron chi connectivity index (χ4n) is 3.58. The number of aryl methyl sites for hydroxylation is 1. The molecule has 0 saturated carbocycles. The largest absolute Gasteiger partial charge is 0.336 e. The highest BCUT2D eigenvalue weighted by Gasteiger charge is 2.32. The van der Waals surface area contributed by atoms with E-state index in [0.29, 0.717) is 18.7 Å². The van der Waals surface area contributed by atoms with Crippen LogP contribution in [0.25, 0.3) is 10.9 Å². The van der Waals surface area contributed by atoms with Crippen molar-refractivity contribution in [3.05, 3.63) is 70.9 Å². The number of sulfonamides is 1. The van der Waals surface area contributed by atoms with Gasteiger partial charge < -0.3 is 4.90 Å². The van der Waals surface area contributed by atoms with Crippen molar-refractivity contribution in [3.63, 3.8) is 0 Å². The second kappa shape index (κ2) is 7.74. The van der Waals surface area contributed by atoms with Crippen LogP contribution in [0.3, 0.4) is 0 Å². The Hall–Kier alpha value is -2.48. The Bertz CT molecular complexity index is 1190. The van der Waals surface area contributed by atoms with E-state index in [1.165, 1.54) is 10.4 Å². The van der Waals surface area contributed by atoms with Gasteiger partial charge in [0.25, 0.3) is 5.91 Å². The van der Waals surface area contributed by atoms with E-state index in [4.69, 9.17) is 11.6 Å². The van der Waals surface area contributed by atoms with Gasteiger partial charge in [0.15, 0.2) is 0 Å². The highest BCUT2D eigenvalue weighted by atomic mass is 35.5. The second-order valence-corrected chi connectivity index (χ2v) is 9.27. The topological polar surface area (TPSA) is 70.6 Å². The summed E-state index contributed by atoms with van der Waals surface area (Å²) in [7, 11) is -3.69. The molecule has 1 saturated heterocycles. The van der Waals surface area contributed by atoms with E-state index < -0.39 is 10.0 Å². The molecule has 0 radical (unpaired) electrons. The van der Waals surface area contributed by atoms with Gasteiger partial charge in [0, 0.05) is 37.3 Å². The minimum absolute atomic E-state index is 0.0946. The van der Waals surface area contributed by atoms with E-state index in [0.717, 1.165) is 16.6 Å². The molecule has 8 heteroatoms. The number of benzene rings is 2. The Morgan fingerprint density at radius 1 is 1.00 bits per heavy atom. The maximum Gasteiger partial charge on any atom is 0.254 e. The monoisotopic (exact) mass is 429 g/mol. The average Bonchev–Trinajstić information content (AvgIpc) is 2.73. The van der Waals surface area contributed by atoms with Gasteiger partial charge in [-0.3, -0.25) is 9.78 Å². The molecule has 150 valence electrons. The number of carbonyl (C=O) groups is 1. The first-order valence-corrected chi connectivity index (χ1v) is 11.1. The zero-order valence-electron chi connectivity index (χ0n) is 15.9. The highest BCUT2D eigenvalue weighted by Crippen LogP contribution is 2.26. The molecule has 0 N–H and O–H groups in total. The van der Waals surface area contributed by atoms with Gasteiger partial charge in [-0.25, -0.2) is 8.42 Å². The molecule has 3 aromatic rings. The lowest BCUT2D eigenvalue weighted by atomic mass is 10.1. The maximum absolute atomic E-state index is 13.2. The van der Waals surface area contributed by atoms with E-state index >= 15 is 0 Å². The van der Waals surface area contributed by atoms with Crippen molar-refractivity contribution in [1.29, 1.82) is 0 Å². The predicted octanol–water partition coefficient (Wildman–Crippen LogP) is 3.34. The fraction of sp³-hybridized carbons (Fsp3) is 0.238. The second-order valence-electron chi connectivity index (χ2n) is 6.96. The summed E-state index contributed by atoms with van der Waals surface area (Å²) >= 11 is 6.08. The van der Waals surface area contributed by atoms with E-state index in [-0.39, 0.29) is 28.9 Å². The van der Waals surface area contributed by atoms with Gasteiger partial charge in [0.2, 0.25) is 10.0 Å². The van der Waals surface area contributed by atoms with Crippen molar-refractivity contribution in [1.82, 2.24) is 14.2 Å². The molecule has 1 aromatic heterocycles. The van der Waals surface area contributed by atoms with Crippen molar-refractivity contribution >= 4 is 38.4 Å². The Kier molecular flexibility index (Phi) is 5.29. The predicted molar refractivity (Wildman–Crippen MR) is 113 cm³/mol. The van der Waals surface area contributed by atoms with Crippen molar-refractivity contribution in [2.45, 2.75) is 11.8 Å². The molecule has 1 aliphatic rings. The van der Waals surface area contributed by atoms with Crippen LogP contribution in [-0.2, 0) is 10.0 Å². The molecule has 4 rings (SSSR count). The Morgan fingerprint density at radius 2 is 1.66 bits per heavy atom. The molecule has 0 spiro atoms. The van der Waals surface area contributed by atoms with E-state index in [2.05, 4.69) is 4.98 Å². The quantitative estimate of drug-likeness (QED) is 0.640. The standard InChI is InChI=1S/C21H20ClN3O3S/c1-15-14-17(16-6-2-4-8-19(16)23-15)21(26)24-10-12-25(13-11-24)29(27,28)20-9-5-3-7-18(20)22/h2-9,14H,10-13H2,1H3. The number of nitrogens with zero attached hydrogens (tertiary/aromatic N) is 3. The maximum atomic E-state index is 13.2. The van der Waals surface area contributed by atoms with Crippen LogP contribution in [0, 0.1) is 6.92 Å². The summed E-state index contributed by atoms with van der Waals surface area (Å²) in [4.78, 5) is 19.4. The number of para-hydroxylation sites is 1. The molecule has 2 aromatic carbocycles. The third-order valence-corrected chi connectivity index (χ3v) is 7.45. The number of hydrogen-bond acceptors (Lipinski definition) is 4. The fourth-order valence-corrected chi connectivity index (χ4v) is 5.50. The SMILES string of the molecule is Cc1cc(C(=O)N2CCN(S(=O)(=O)c3ccccc3Cl)CC2)c2ccccc2n1. The number of aromatic nitrogens is 1. The van der Waals surface area contributed by atoms with Gasteiger partial charge in [-0.15, -0.1) is 0 Å². The summed E-state index contributed by atoms with van der Waals surface area (Å²) in [5.74, 6) is -0.110. The zero-order chi connectivity index (χ0) is 20.6. The molecule has 0 atom stereocenters. The smallest absolute Gasteiger partial charge is 0.254 e. The van der Waals surface area contributed by atoms with Crippen LogP contribution in [0.1, 0.15) is 16.1 Å². The van der Waals surface area contributed by atoms with Crippen LogP contribution < -0.4 is 0 Å². The summed E-state index contributed by atoms with van der Waals surface area (Å²) in [6.07, 6.45) is 0. The summed E-state index contributed by atoms with van der Waals surface area (Å²) < 4.78 is 27.2. The van der Waals surface area contributed by atoms with Gasteiger partial charge in [-0.2, -0.15) is 4.31 Å². The highest BCUT2D eigenvalue weighted by molar-refractivity contribution is 7.89. The number of pyridine rings is 1. The number of halogens is 1. The molecule has 1 amide bonds. The molecule has 1 aliphatic heterocycles. The number of piperazine rings is 1. The number of hydrogen-bond donors (Lipinski definition) is 0. The number of fused-ring (bicyclic) bond motifs is 1. The van der Waals surface area contributed by atoms with Crippen LogP contribution in [0.15, 0.2) is 59.5 Å². The molecule has 1 fully saturated rings. The summed E-state index contributed by atoms with van der Waals surface area (Å²) in [6.45, 7) is 2.94. The van der Waals surface area contributed by atoms with Crippen LogP contribution in [0.4, 0.5) is 0 Å². The first-order chi connectivity index (χ1) is 13.9. The molecule has 0 bridgehead atoms. The van der Waals surface area contributed by atoms with Gasteiger partial charge >= 0.3 is 0 Å². The normalized spacial score (nSPS) is 15.6. The third kappa shape index (κ3) is 3.73. The zero-order valence-corrected chi connectivity index (χ0v) is 17.4. The van der Waals surface area contributed by atoms with Crippen LogP contribution in [0.2, 0.25) is 5.02 Å². The van der Waals surface area contributed by atoms with Gasteiger partial charge in [0.1, 0.15) is 4.90 Å². The van der Waals surface area contributed by atoms with E-state index in [1.807, 2.05) is 31.2 Å². The Morgan fingerprint density at radius 3 is 2.38 bits per heavy atom. The van der Waals surface area contributed by atoms with Crippen molar-refractivity contribution in [3.8, 4) is 0 Å². The summed E-state index contributed by atoms with van der Waals surface area (Å²) in [5.41, 5.74) is 2.14. The molecular formula is C21H20ClN3O3S. The lowest BCUT2D eigenvalue weighted by molar-refractivity contribution is 0.0699. The van der Waals surface area contributed by atoms with Crippen molar-refractivity contribution < 1.29 is 13.2 Å². The average molecular weight is 430 g/mol. The minimum atomic E-state index is -3.69. The minimum Gasteiger partial charge on any atom is -0.336 e. The Labute approximate surface area is 174 Å². The first kappa shape index (κ1) is 19.8. The lowest BCUT2D eigenvalue weighted by Crippen LogP contribution is -2.50. The molecule has 2 heterocycles. The molecule has 6 nitrogen and oxygen atoms in total. The summed E-state index contributed by atoms with van der Waals surface area (Å²) in [5, 5.41) is 0.999. The van der Waals surface area contributed by atoms with Crippen molar-refractivity contribution in [2.75, 3.05) is 26.2 Å². The number of amides is 1. The van der Waals surface area contributed by atoms with Crippen LogP contribution in [0.5, 0.6) is 0 Å². The third-order valence-electron chi connectivity index (χ3n) is 5.05. The van der Waals surface area contributed by atoms with Crippen LogP contribution >= 0.6 is 11.6 Å². The van der Waals surface area contributed by atoms with E-state index in [9.17, 15) is 13.2 Å². The summed E-state index contributed by atoms with van der Waals surface area (Å²) in [6, 6.07) is 15.7. The molecular weight excluding hydrogens is 410 g/mol. The molecule has 0 aliphatic carbocycles. The van der Waals surface area contributed by atoms with Crippen LogP contribution in [-0.4, -0.2) is 54.7 Å². The number of carbonyl (C=O) groups excluding carboxylic acids is 1. The van der Waals surface area contributed by atoms with Gasteiger partial charge in [0.05, 0.1) is 16.1 Å².